The van der Waals surface area contributed by atoms with Gasteiger partial charge in [-0.1, -0.05) is 25.1 Å². The number of piperidine rings is 2. The predicted octanol–water partition coefficient (Wildman–Crippen LogP) is 3.69. The van der Waals surface area contributed by atoms with Crippen LogP contribution in [0.15, 0.2) is 34.7 Å². The highest BCUT2D eigenvalue weighted by atomic mass is 16.4. The van der Waals surface area contributed by atoms with Gasteiger partial charge in [-0.25, -0.2) is 0 Å². The largest absolute Gasteiger partial charge is 0.419 e. The van der Waals surface area contributed by atoms with Gasteiger partial charge >= 0.3 is 0 Å². The molecule has 1 unspecified atom stereocenters. The van der Waals surface area contributed by atoms with Crippen molar-refractivity contribution in [3.63, 3.8) is 0 Å². The van der Waals surface area contributed by atoms with E-state index >= 15 is 0 Å². The number of amides is 1. The molecule has 4 rings (SSSR count). The molecule has 1 aromatic carbocycles. The Kier molecular flexibility index (Phi) is 5.34. The zero-order chi connectivity index (χ0) is 19.5. The summed E-state index contributed by atoms with van der Waals surface area (Å²) in [6.07, 6.45) is 3.97. The number of oxazole rings is 1. The Morgan fingerprint density at radius 2 is 1.93 bits per heavy atom. The lowest BCUT2D eigenvalue weighted by Gasteiger charge is -2.37. The van der Waals surface area contributed by atoms with Crippen LogP contribution in [0.1, 0.15) is 38.3 Å². The van der Waals surface area contributed by atoms with Crippen LogP contribution in [0.25, 0.3) is 11.5 Å². The van der Waals surface area contributed by atoms with E-state index in [1.54, 1.807) is 0 Å². The number of anilines is 1. The highest BCUT2D eigenvalue weighted by Crippen LogP contribution is 2.32. The molecule has 0 radical (unpaired) electrons. The fourth-order valence-electron chi connectivity index (χ4n) is 4.15. The molecule has 28 heavy (non-hydrogen) atoms. The number of carbonyl (C=O) groups is 1. The summed E-state index contributed by atoms with van der Waals surface area (Å²) in [5, 5.41) is 9.54. The van der Waals surface area contributed by atoms with Crippen molar-refractivity contribution in [1.29, 1.82) is 5.26 Å². The average molecular weight is 378 g/mol. The Labute approximate surface area is 165 Å². The van der Waals surface area contributed by atoms with Gasteiger partial charge in [-0.05, 0) is 43.7 Å². The highest BCUT2D eigenvalue weighted by molar-refractivity contribution is 5.80. The lowest BCUT2D eigenvalue weighted by atomic mass is 9.93. The predicted molar refractivity (Wildman–Crippen MR) is 107 cm³/mol. The van der Waals surface area contributed by atoms with Crippen LogP contribution in [-0.2, 0) is 4.79 Å². The number of aromatic nitrogens is 1. The van der Waals surface area contributed by atoms with Gasteiger partial charge in [0, 0.05) is 31.7 Å². The third kappa shape index (κ3) is 3.75. The molecule has 3 heterocycles. The van der Waals surface area contributed by atoms with Crippen molar-refractivity contribution in [3.8, 4) is 17.5 Å². The maximum atomic E-state index is 13.0. The summed E-state index contributed by atoms with van der Waals surface area (Å²) >= 11 is 0. The van der Waals surface area contributed by atoms with E-state index in [1.165, 1.54) is 0 Å². The molecule has 0 N–H and O–H groups in total. The van der Waals surface area contributed by atoms with Gasteiger partial charge in [0.05, 0.1) is 5.92 Å². The first-order chi connectivity index (χ1) is 13.7. The second-order valence-corrected chi connectivity index (χ2v) is 7.94. The zero-order valence-electron chi connectivity index (χ0n) is 16.3. The molecule has 1 aromatic heterocycles. The van der Waals surface area contributed by atoms with Crippen molar-refractivity contribution >= 4 is 11.8 Å². The monoisotopic (exact) mass is 378 g/mol. The summed E-state index contributed by atoms with van der Waals surface area (Å²) in [6, 6.07) is 11.7. The molecule has 0 aliphatic carbocycles. The Hall–Kier alpha value is -2.81. The summed E-state index contributed by atoms with van der Waals surface area (Å²) < 4.78 is 5.99. The SMILES string of the molecule is CC1CCN(C(=O)C2CCCN(c3oc(-c4ccccc4)nc3C#N)C2)CC1. The summed E-state index contributed by atoms with van der Waals surface area (Å²) in [5.74, 6) is 1.85. The zero-order valence-corrected chi connectivity index (χ0v) is 16.3. The van der Waals surface area contributed by atoms with E-state index in [0.717, 1.165) is 50.9 Å². The molecule has 2 aliphatic heterocycles. The number of carbonyl (C=O) groups excluding carboxylic acids is 1. The van der Waals surface area contributed by atoms with E-state index in [4.69, 9.17) is 4.42 Å². The summed E-state index contributed by atoms with van der Waals surface area (Å²) in [6.45, 7) is 5.34. The molecule has 0 spiro atoms. The fourth-order valence-corrected chi connectivity index (χ4v) is 4.15. The Morgan fingerprint density at radius 1 is 1.18 bits per heavy atom. The number of nitriles is 1. The van der Waals surface area contributed by atoms with Crippen molar-refractivity contribution in [2.24, 2.45) is 11.8 Å². The molecule has 2 aliphatic rings. The third-order valence-corrected chi connectivity index (χ3v) is 5.89. The van der Waals surface area contributed by atoms with Gasteiger partial charge in [0.15, 0.2) is 0 Å². The van der Waals surface area contributed by atoms with Gasteiger partial charge in [-0.3, -0.25) is 4.79 Å². The molecule has 0 bridgehead atoms. The third-order valence-electron chi connectivity index (χ3n) is 5.89. The molecule has 146 valence electrons. The number of rotatable bonds is 3. The van der Waals surface area contributed by atoms with Gasteiger partial charge in [-0.2, -0.15) is 10.2 Å². The second kappa shape index (κ2) is 8.05. The van der Waals surface area contributed by atoms with Crippen molar-refractivity contribution < 1.29 is 9.21 Å². The Morgan fingerprint density at radius 3 is 2.64 bits per heavy atom. The number of hydrogen-bond donors (Lipinski definition) is 0. The van der Waals surface area contributed by atoms with Crippen molar-refractivity contribution in [2.45, 2.75) is 32.6 Å². The van der Waals surface area contributed by atoms with Gasteiger partial charge in [0.25, 0.3) is 0 Å². The van der Waals surface area contributed by atoms with Crippen LogP contribution < -0.4 is 4.90 Å². The number of nitrogens with zero attached hydrogens (tertiary/aromatic N) is 4. The lowest BCUT2D eigenvalue weighted by Crippen LogP contribution is -2.47. The van der Waals surface area contributed by atoms with Gasteiger partial charge in [0.2, 0.25) is 23.4 Å². The lowest BCUT2D eigenvalue weighted by molar-refractivity contribution is -0.137. The van der Waals surface area contributed by atoms with Crippen LogP contribution in [0.5, 0.6) is 0 Å². The molecule has 2 aromatic rings. The normalized spacial score (nSPS) is 20.8. The van der Waals surface area contributed by atoms with Crippen LogP contribution in [0.3, 0.4) is 0 Å². The smallest absolute Gasteiger partial charge is 0.235 e. The van der Waals surface area contributed by atoms with Crippen LogP contribution in [0, 0.1) is 23.2 Å². The van der Waals surface area contributed by atoms with Crippen LogP contribution in [0.2, 0.25) is 0 Å². The first-order valence-electron chi connectivity index (χ1n) is 10.2. The van der Waals surface area contributed by atoms with Crippen LogP contribution in [0.4, 0.5) is 5.88 Å². The number of likely N-dealkylation sites (tertiary alicyclic amines) is 1. The molecule has 6 heteroatoms. The summed E-state index contributed by atoms with van der Waals surface area (Å²) in [4.78, 5) is 21.4. The van der Waals surface area contributed by atoms with Crippen molar-refractivity contribution in [3.05, 3.63) is 36.0 Å². The quantitative estimate of drug-likeness (QED) is 0.814. The minimum absolute atomic E-state index is 0.0426. The Bertz CT molecular complexity index is 862. The first-order valence-corrected chi connectivity index (χ1v) is 10.2. The van der Waals surface area contributed by atoms with Gasteiger partial charge < -0.3 is 14.2 Å². The van der Waals surface area contributed by atoms with E-state index in [1.807, 2.05) is 40.1 Å². The van der Waals surface area contributed by atoms with E-state index in [-0.39, 0.29) is 11.8 Å². The maximum absolute atomic E-state index is 13.0. The molecule has 1 amide bonds. The number of hydrogen-bond acceptors (Lipinski definition) is 5. The van der Waals surface area contributed by atoms with E-state index in [9.17, 15) is 10.1 Å². The van der Waals surface area contributed by atoms with E-state index in [2.05, 4.69) is 18.0 Å². The van der Waals surface area contributed by atoms with Crippen LogP contribution in [-0.4, -0.2) is 42.0 Å². The highest BCUT2D eigenvalue weighted by Gasteiger charge is 2.33. The molecule has 6 nitrogen and oxygen atoms in total. The molecule has 2 saturated heterocycles. The first kappa shape index (κ1) is 18.5. The standard InChI is InChI=1S/C22H26N4O2/c1-16-9-12-25(13-10-16)21(27)18-8-5-11-26(15-18)22-19(14-23)24-20(28-22)17-6-3-2-4-7-17/h2-4,6-7,16,18H,5,8-13,15H2,1H3. The minimum Gasteiger partial charge on any atom is -0.419 e. The topological polar surface area (TPSA) is 73.4 Å². The molecular weight excluding hydrogens is 352 g/mol. The average Bonchev–Trinajstić information content (AvgIpc) is 3.19. The van der Waals surface area contributed by atoms with E-state index < -0.39 is 0 Å². The van der Waals surface area contributed by atoms with E-state index in [0.29, 0.717) is 29.9 Å². The Balaban J connectivity index is 1.51. The van der Waals surface area contributed by atoms with Crippen molar-refractivity contribution in [1.82, 2.24) is 9.88 Å². The van der Waals surface area contributed by atoms with Crippen LogP contribution >= 0.6 is 0 Å². The maximum Gasteiger partial charge on any atom is 0.235 e. The summed E-state index contributed by atoms with van der Waals surface area (Å²) in [5.41, 5.74) is 1.14. The molecular formula is C22H26N4O2. The molecule has 0 saturated carbocycles. The minimum atomic E-state index is -0.0426. The number of benzene rings is 1. The second-order valence-electron chi connectivity index (χ2n) is 7.94. The van der Waals surface area contributed by atoms with Gasteiger partial charge in [0.1, 0.15) is 6.07 Å². The molecule has 2 fully saturated rings. The van der Waals surface area contributed by atoms with Gasteiger partial charge in [-0.15, -0.1) is 0 Å². The molecule has 1 atom stereocenters. The fraction of sp³-hybridized carbons (Fsp3) is 0.500. The van der Waals surface area contributed by atoms with Crippen molar-refractivity contribution in [2.75, 3.05) is 31.1 Å². The summed E-state index contributed by atoms with van der Waals surface area (Å²) in [7, 11) is 0.